The normalized spacial score (nSPS) is 17.9. The van der Waals surface area contributed by atoms with Crippen LogP contribution >= 0.6 is 0 Å². The maximum absolute atomic E-state index is 13.0. The highest BCUT2D eigenvalue weighted by atomic mass is 16.2. The van der Waals surface area contributed by atoms with Crippen molar-refractivity contribution in [3.05, 3.63) is 98.3 Å². The molecule has 172 valence electrons. The second kappa shape index (κ2) is 10.8. The number of H-pyrrole nitrogens is 2. The average Bonchev–Trinajstić information content (AvgIpc) is 2.84. The fourth-order valence-electron chi connectivity index (χ4n) is 4.53. The molecule has 0 unspecified atom stereocenters. The Bertz CT molecular complexity index is 1160. The first kappa shape index (κ1) is 22.6. The van der Waals surface area contributed by atoms with Gasteiger partial charge in [0.25, 0.3) is 11.5 Å². The Labute approximate surface area is 192 Å². The van der Waals surface area contributed by atoms with Gasteiger partial charge in [0.2, 0.25) is 0 Å². The van der Waals surface area contributed by atoms with E-state index in [1.54, 1.807) is 0 Å². The Hall–Kier alpha value is -3.61. The molecule has 33 heavy (non-hydrogen) atoms. The van der Waals surface area contributed by atoms with Crippen LogP contribution in [0.15, 0.2) is 70.3 Å². The first-order valence-electron chi connectivity index (χ1n) is 11.6. The summed E-state index contributed by atoms with van der Waals surface area (Å²) in [5.74, 6) is 0.0764. The Morgan fingerprint density at radius 2 is 1.55 bits per heavy atom. The number of aromatic nitrogens is 2. The Morgan fingerprint density at radius 3 is 2.24 bits per heavy atom. The van der Waals surface area contributed by atoms with Gasteiger partial charge in [-0.15, -0.1) is 0 Å². The lowest BCUT2D eigenvalue weighted by Crippen LogP contribution is -2.40. The van der Waals surface area contributed by atoms with Crippen LogP contribution in [-0.2, 0) is 6.42 Å². The molecule has 0 atom stereocenters. The molecule has 7 nitrogen and oxygen atoms in total. The van der Waals surface area contributed by atoms with Crippen LogP contribution in [0.3, 0.4) is 0 Å². The Kier molecular flexibility index (Phi) is 7.40. The van der Waals surface area contributed by atoms with Gasteiger partial charge in [-0.25, -0.2) is 4.79 Å². The Balaban J connectivity index is 1.36. The van der Waals surface area contributed by atoms with E-state index in [9.17, 15) is 14.4 Å². The summed E-state index contributed by atoms with van der Waals surface area (Å²) in [5, 5.41) is 6.07. The van der Waals surface area contributed by atoms with E-state index in [2.05, 4.69) is 57.0 Å². The number of benzene rings is 2. The van der Waals surface area contributed by atoms with Gasteiger partial charge in [0, 0.05) is 12.6 Å². The molecule has 0 bridgehead atoms. The summed E-state index contributed by atoms with van der Waals surface area (Å²) in [5.41, 5.74) is 1.37. The summed E-state index contributed by atoms with van der Waals surface area (Å²) in [6.45, 7) is 0.506. The predicted octanol–water partition coefficient (Wildman–Crippen LogP) is 3.56. The van der Waals surface area contributed by atoms with Gasteiger partial charge >= 0.3 is 5.69 Å². The van der Waals surface area contributed by atoms with Crippen molar-refractivity contribution in [1.29, 1.82) is 0 Å². The van der Waals surface area contributed by atoms with Crippen LogP contribution in [0.25, 0.3) is 0 Å². The number of aromatic amines is 2. The van der Waals surface area contributed by atoms with Crippen LogP contribution in [-0.4, -0.2) is 28.5 Å². The van der Waals surface area contributed by atoms with Gasteiger partial charge in [0.1, 0.15) is 11.4 Å². The first-order chi connectivity index (χ1) is 16.1. The summed E-state index contributed by atoms with van der Waals surface area (Å²) < 4.78 is 0. The maximum Gasteiger partial charge on any atom is 0.326 e. The van der Waals surface area contributed by atoms with Gasteiger partial charge < -0.3 is 15.6 Å². The lowest BCUT2D eigenvalue weighted by molar-refractivity contribution is 0.0921. The van der Waals surface area contributed by atoms with Gasteiger partial charge in [0.05, 0.1) is 0 Å². The maximum atomic E-state index is 13.0. The van der Waals surface area contributed by atoms with Crippen molar-refractivity contribution in [3.63, 3.8) is 0 Å². The molecular weight excluding hydrogens is 416 g/mol. The van der Waals surface area contributed by atoms with Crippen molar-refractivity contribution >= 4 is 11.6 Å². The van der Waals surface area contributed by atoms with Crippen molar-refractivity contribution < 1.29 is 4.79 Å². The zero-order valence-corrected chi connectivity index (χ0v) is 18.6. The molecule has 4 rings (SSSR count). The summed E-state index contributed by atoms with van der Waals surface area (Å²) in [7, 11) is 0. The number of carbonyl (C=O) groups is 1. The fourth-order valence-corrected chi connectivity index (χ4v) is 4.53. The summed E-state index contributed by atoms with van der Waals surface area (Å²) >= 11 is 0. The third-order valence-electron chi connectivity index (χ3n) is 6.29. The van der Waals surface area contributed by atoms with Crippen molar-refractivity contribution in [2.24, 2.45) is 0 Å². The minimum atomic E-state index is -0.687. The lowest BCUT2D eigenvalue weighted by Gasteiger charge is -2.29. The van der Waals surface area contributed by atoms with E-state index >= 15 is 0 Å². The predicted molar refractivity (Wildman–Crippen MR) is 130 cm³/mol. The topological polar surface area (TPSA) is 107 Å². The van der Waals surface area contributed by atoms with E-state index in [4.69, 9.17) is 0 Å². The van der Waals surface area contributed by atoms with Crippen molar-refractivity contribution in [2.45, 2.75) is 50.5 Å². The van der Waals surface area contributed by atoms with E-state index in [-0.39, 0.29) is 17.4 Å². The molecule has 4 N–H and O–H groups in total. The van der Waals surface area contributed by atoms with E-state index in [1.165, 1.54) is 11.1 Å². The van der Waals surface area contributed by atoms with Crippen LogP contribution in [0.1, 0.15) is 59.6 Å². The highest BCUT2D eigenvalue weighted by molar-refractivity contribution is 5.97. The van der Waals surface area contributed by atoms with Gasteiger partial charge in [-0.1, -0.05) is 60.7 Å². The standard InChI is InChI=1S/C26H30N4O3/c31-24-22(27-17-7-10-18-8-3-1-4-9-18)23(29-26(33)30-24)25(32)28-21-15-13-20(14-16-21)19-11-5-2-6-12-19/h1-6,8-9,11-12,20-21,27H,7,10,13-17H2,(H,28,32)(H2,29,30,31,33)/t20-,21+. The molecular formula is C26H30N4O3. The molecule has 0 spiro atoms. The molecule has 7 heteroatoms. The second-order valence-electron chi connectivity index (χ2n) is 8.61. The molecule has 0 aliphatic heterocycles. The van der Waals surface area contributed by atoms with Crippen LogP contribution in [0.5, 0.6) is 0 Å². The van der Waals surface area contributed by atoms with Crippen molar-refractivity contribution in [2.75, 3.05) is 11.9 Å². The SMILES string of the molecule is O=C(N[C@H]1CC[C@@H](c2ccccc2)CC1)c1[nH]c(=O)[nH]c(=O)c1NCCCc1ccccc1. The number of anilines is 1. The second-order valence-corrected chi connectivity index (χ2v) is 8.61. The number of aryl methyl sites for hydroxylation is 1. The van der Waals surface area contributed by atoms with Gasteiger partial charge in [-0.05, 0) is 55.6 Å². The van der Waals surface area contributed by atoms with E-state index in [1.807, 2.05) is 24.3 Å². The molecule has 2 aromatic carbocycles. The van der Waals surface area contributed by atoms with Gasteiger partial charge in [0.15, 0.2) is 0 Å². The third-order valence-corrected chi connectivity index (χ3v) is 6.29. The molecule has 1 fully saturated rings. The number of hydrogen-bond acceptors (Lipinski definition) is 4. The van der Waals surface area contributed by atoms with Gasteiger partial charge in [-0.3, -0.25) is 14.6 Å². The molecule has 0 radical (unpaired) electrons. The van der Waals surface area contributed by atoms with Crippen LogP contribution < -0.4 is 21.9 Å². The van der Waals surface area contributed by atoms with E-state index in [0.717, 1.165) is 38.5 Å². The number of carbonyl (C=O) groups excluding carboxylic acids is 1. The third kappa shape index (κ3) is 6.00. The minimum absolute atomic E-state index is 0.00589. The molecule has 1 aromatic heterocycles. The van der Waals surface area contributed by atoms with Crippen LogP contribution in [0.4, 0.5) is 5.69 Å². The first-order valence-corrected chi connectivity index (χ1v) is 11.6. The zero-order chi connectivity index (χ0) is 23.0. The highest BCUT2D eigenvalue weighted by Crippen LogP contribution is 2.32. The van der Waals surface area contributed by atoms with E-state index < -0.39 is 17.2 Å². The fraction of sp³-hybridized carbons (Fsp3) is 0.346. The summed E-state index contributed by atoms with van der Waals surface area (Å²) in [6, 6.07) is 20.5. The molecule has 1 aliphatic rings. The largest absolute Gasteiger partial charge is 0.379 e. The molecule has 1 aliphatic carbocycles. The average molecular weight is 447 g/mol. The van der Waals surface area contributed by atoms with Gasteiger partial charge in [-0.2, -0.15) is 0 Å². The van der Waals surface area contributed by atoms with Crippen LogP contribution in [0.2, 0.25) is 0 Å². The molecule has 0 saturated heterocycles. The molecule has 3 aromatic rings. The summed E-state index contributed by atoms with van der Waals surface area (Å²) in [4.78, 5) is 42.0. The smallest absolute Gasteiger partial charge is 0.326 e. The summed E-state index contributed by atoms with van der Waals surface area (Å²) in [6.07, 6.45) is 5.34. The number of nitrogens with one attached hydrogen (secondary N) is 4. The number of rotatable bonds is 8. The lowest BCUT2D eigenvalue weighted by atomic mass is 9.82. The molecule has 1 saturated carbocycles. The quantitative estimate of drug-likeness (QED) is 0.397. The molecule has 1 heterocycles. The number of hydrogen-bond donors (Lipinski definition) is 4. The minimum Gasteiger partial charge on any atom is -0.379 e. The highest BCUT2D eigenvalue weighted by Gasteiger charge is 2.25. The van der Waals surface area contributed by atoms with Crippen molar-refractivity contribution in [3.8, 4) is 0 Å². The Morgan fingerprint density at radius 1 is 0.879 bits per heavy atom. The monoisotopic (exact) mass is 446 g/mol. The number of amides is 1. The van der Waals surface area contributed by atoms with Crippen molar-refractivity contribution in [1.82, 2.24) is 15.3 Å². The zero-order valence-electron chi connectivity index (χ0n) is 18.6. The molecule has 1 amide bonds. The van der Waals surface area contributed by atoms with E-state index in [0.29, 0.717) is 12.5 Å². The van der Waals surface area contributed by atoms with Crippen LogP contribution in [0, 0.1) is 0 Å².